The lowest BCUT2D eigenvalue weighted by Gasteiger charge is -2.40. The Balaban J connectivity index is 1.28. The topological polar surface area (TPSA) is 24.3 Å². The van der Waals surface area contributed by atoms with Crippen LogP contribution in [-0.4, -0.2) is 52.1 Å². The lowest BCUT2D eigenvalue weighted by atomic mass is 9.79. The Kier molecular flexibility index (Phi) is 5.65. The van der Waals surface area contributed by atoms with Crippen molar-refractivity contribution < 1.29 is 0 Å². The van der Waals surface area contributed by atoms with E-state index in [1.165, 1.54) is 76.1 Å². The molecule has 1 atom stereocenters. The van der Waals surface area contributed by atoms with Crippen LogP contribution in [0.3, 0.4) is 0 Å². The lowest BCUT2D eigenvalue weighted by Crippen LogP contribution is -2.45. The molecule has 1 aromatic carbocycles. The summed E-state index contributed by atoms with van der Waals surface area (Å²) in [5.74, 6) is 1.11. The molecule has 0 aliphatic carbocycles. The number of aryl methyl sites for hydroxylation is 2. The van der Waals surface area contributed by atoms with E-state index in [0.29, 0.717) is 5.41 Å². The molecule has 2 fully saturated rings. The van der Waals surface area contributed by atoms with Crippen molar-refractivity contribution in [2.45, 2.75) is 45.6 Å². The summed E-state index contributed by atoms with van der Waals surface area (Å²) in [4.78, 5) is 9.86. The summed E-state index contributed by atoms with van der Waals surface area (Å²) in [7, 11) is 2.14. The van der Waals surface area contributed by atoms with Crippen LogP contribution in [0.2, 0.25) is 0 Å². The van der Waals surface area contributed by atoms with Crippen molar-refractivity contribution in [3.05, 3.63) is 53.6 Å². The Labute approximate surface area is 164 Å². The maximum atomic E-state index is 4.46. The molecule has 146 valence electrons. The fraction of sp³-hybridized carbons (Fsp3) is 0.609. The van der Waals surface area contributed by atoms with Gasteiger partial charge in [0.1, 0.15) is 5.82 Å². The van der Waals surface area contributed by atoms with Gasteiger partial charge in [0, 0.05) is 32.9 Å². The predicted octanol–water partition coefficient (Wildman–Crippen LogP) is 3.65. The van der Waals surface area contributed by atoms with Gasteiger partial charge in [0.25, 0.3) is 0 Å². The number of imidazole rings is 1. The van der Waals surface area contributed by atoms with Crippen LogP contribution in [0.1, 0.15) is 42.8 Å². The van der Waals surface area contributed by atoms with E-state index in [4.69, 9.17) is 0 Å². The molecule has 1 spiro atoms. The zero-order valence-corrected chi connectivity index (χ0v) is 17.0. The Hall–Kier alpha value is -1.65. The Morgan fingerprint density at radius 2 is 1.85 bits per heavy atom. The third-order valence-electron chi connectivity index (χ3n) is 6.74. The van der Waals surface area contributed by atoms with Crippen LogP contribution in [-0.2, 0) is 20.0 Å². The van der Waals surface area contributed by atoms with Crippen molar-refractivity contribution in [2.24, 2.45) is 12.5 Å². The van der Waals surface area contributed by atoms with Gasteiger partial charge in [-0.1, -0.05) is 30.3 Å². The molecule has 2 aromatic rings. The molecule has 4 rings (SSSR count). The Bertz CT molecular complexity index is 738. The van der Waals surface area contributed by atoms with E-state index in [1.807, 2.05) is 0 Å². The van der Waals surface area contributed by atoms with Crippen molar-refractivity contribution in [1.82, 2.24) is 19.4 Å². The quantitative estimate of drug-likeness (QED) is 0.780. The molecule has 0 radical (unpaired) electrons. The average Bonchev–Trinajstić information content (AvgIpc) is 3.21. The van der Waals surface area contributed by atoms with Gasteiger partial charge in [0.05, 0.1) is 5.69 Å². The molecule has 0 bridgehead atoms. The number of benzene rings is 1. The van der Waals surface area contributed by atoms with Crippen LogP contribution in [0, 0.1) is 12.3 Å². The molecule has 1 aromatic heterocycles. The molecule has 0 saturated carbocycles. The Morgan fingerprint density at radius 1 is 1.04 bits per heavy atom. The minimum Gasteiger partial charge on any atom is -0.334 e. The molecule has 2 saturated heterocycles. The van der Waals surface area contributed by atoms with E-state index < -0.39 is 0 Å². The average molecular weight is 367 g/mol. The molecule has 4 heteroatoms. The highest BCUT2D eigenvalue weighted by Crippen LogP contribution is 2.39. The molecular weight excluding hydrogens is 332 g/mol. The first-order valence-electron chi connectivity index (χ1n) is 10.6. The SMILES string of the molecule is Cc1ncc(CN2CC[C@@]3(CCCN(CCCc4ccccc4)C3)C2)n1C. The van der Waals surface area contributed by atoms with E-state index in [1.54, 1.807) is 0 Å². The van der Waals surface area contributed by atoms with Gasteiger partial charge in [-0.25, -0.2) is 4.98 Å². The van der Waals surface area contributed by atoms with Crippen molar-refractivity contribution >= 4 is 0 Å². The van der Waals surface area contributed by atoms with Crippen LogP contribution >= 0.6 is 0 Å². The summed E-state index contributed by atoms with van der Waals surface area (Å²) in [6.07, 6.45) is 8.66. The summed E-state index contributed by atoms with van der Waals surface area (Å²) in [6, 6.07) is 10.9. The minimum atomic E-state index is 0.526. The van der Waals surface area contributed by atoms with Gasteiger partial charge in [0.15, 0.2) is 0 Å². The van der Waals surface area contributed by atoms with Crippen LogP contribution in [0.4, 0.5) is 0 Å². The molecule has 0 unspecified atom stereocenters. The van der Waals surface area contributed by atoms with E-state index in [0.717, 1.165) is 12.4 Å². The molecule has 4 nitrogen and oxygen atoms in total. The summed E-state index contributed by atoms with van der Waals surface area (Å²) < 4.78 is 2.24. The molecule has 27 heavy (non-hydrogen) atoms. The first kappa shape index (κ1) is 18.7. The van der Waals surface area contributed by atoms with Crippen molar-refractivity contribution in [3.8, 4) is 0 Å². The van der Waals surface area contributed by atoms with Gasteiger partial charge in [0.2, 0.25) is 0 Å². The second kappa shape index (κ2) is 8.15. The Morgan fingerprint density at radius 3 is 2.63 bits per heavy atom. The van der Waals surface area contributed by atoms with Gasteiger partial charge in [-0.05, 0) is 69.6 Å². The summed E-state index contributed by atoms with van der Waals surface area (Å²) in [5.41, 5.74) is 3.35. The second-order valence-corrected chi connectivity index (χ2v) is 8.79. The van der Waals surface area contributed by atoms with Crippen molar-refractivity contribution in [3.63, 3.8) is 0 Å². The molecule has 0 amide bonds. The van der Waals surface area contributed by atoms with Gasteiger partial charge >= 0.3 is 0 Å². The van der Waals surface area contributed by atoms with E-state index in [9.17, 15) is 0 Å². The normalized spacial score (nSPS) is 24.1. The monoisotopic (exact) mass is 366 g/mol. The zero-order valence-electron chi connectivity index (χ0n) is 17.0. The third-order valence-corrected chi connectivity index (χ3v) is 6.74. The van der Waals surface area contributed by atoms with Gasteiger partial charge < -0.3 is 9.47 Å². The van der Waals surface area contributed by atoms with E-state index >= 15 is 0 Å². The van der Waals surface area contributed by atoms with Crippen LogP contribution in [0.5, 0.6) is 0 Å². The number of hydrogen-bond acceptors (Lipinski definition) is 3. The highest BCUT2D eigenvalue weighted by atomic mass is 15.2. The first-order chi connectivity index (χ1) is 13.1. The largest absolute Gasteiger partial charge is 0.334 e. The number of aromatic nitrogens is 2. The maximum Gasteiger partial charge on any atom is 0.105 e. The van der Waals surface area contributed by atoms with Crippen molar-refractivity contribution in [2.75, 3.05) is 32.7 Å². The van der Waals surface area contributed by atoms with Gasteiger partial charge in [-0.3, -0.25) is 4.90 Å². The number of hydrogen-bond donors (Lipinski definition) is 0. The third kappa shape index (κ3) is 4.44. The predicted molar refractivity (Wildman–Crippen MR) is 111 cm³/mol. The summed E-state index contributed by atoms with van der Waals surface area (Å²) in [6.45, 7) is 9.46. The van der Waals surface area contributed by atoms with Crippen LogP contribution < -0.4 is 0 Å². The zero-order chi connectivity index (χ0) is 18.7. The minimum absolute atomic E-state index is 0.526. The molecule has 2 aliphatic rings. The van der Waals surface area contributed by atoms with Gasteiger partial charge in [-0.2, -0.15) is 0 Å². The number of rotatable bonds is 6. The molecule has 2 aliphatic heterocycles. The maximum absolute atomic E-state index is 4.46. The van der Waals surface area contributed by atoms with Crippen LogP contribution in [0.15, 0.2) is 36.5 Å². The number of piperidine rings is 1. The standard InChI is InChI=1S/C23H34N4/c1-20-24-16-22(25(20)2)17-27-15-12-23(19-27)11-7-14-26(18-23)13-6-10-21-8-4-3-5-9-21/h3-5,8-9,16H,6-7,10-15,17-19H2,1-2H3/t23-/m1/s1. The molecule has 3 heterocycles. The number of likely N-dealkylation sites (tertiary alicyclic amines) is 2. The summed E-state index contributed by atoms with van der Waals surface area (Å²) >= 11 is 0. The summed E-state index contributed by atoms with van der Waals surface area (Å²) in [5, 5.41) is 0. The highest BCUT2D eigenvalue weighted by Gasteiger charge is 2.41. The number of nitrogens with zero attached hydrogens (tertiary/aromatic N) is 4. The molecule has 0 N–H and O–H groups in total. The van der Waals surface area contributed by atoms with E-state index in [2.05, 4.69) is 69.9 Å². The molecular formula is C23H34N4. The fourth-order valence-electron chi connectivity index (χ4n) is 5.07. The van der Waals surface area contributed by atoms with Crippen LogP contribution in [0.25, 0.3) is 0 Å². The van der Waals surface area contributed by atoms with E-state index in [-0.39, 0.29) is 0 Å². The first-order valence-corrected chi connectivity index (χ1v) is 10.6. The second-order valence-electron chi connectivity index (χ2n) is 8.79. The highest BCUT2D eigenvalue weighted by molar-refractivity contribution is 5.14. The fourth-order valence-corrected chi connectivity index (χ4v) is 5.07. The lowest BCUT2D eigenvalue weighted by molar-refractivity contribution is 0.0908. The van der Waals surface area contributed by atoms with Crippen molar-refractivity contribution in [1.29, 1.82) is 0 Å². The van der Waals surface area contributed by atoms with Gasteiger partial charge in [-0.15, -0.1) is 0 Å². The smallest absolute Gasteiger partial charge is 0.105 e.